The minimum Gasteiger partial charge on any atom is -0.496 e. The zero-order chi connectivity index (χ0) is 12.1. The van der Waals surface area contributed by atoms with E-state index in [1.807, 2.05) is 19.1 Å². The zero-order valence-corrected chi connectivity index (χ0v) is 9.43. The van der Waals surface area contributed by atoms with Crippen molar-refractivity contribution in [2.45, 2.75) is 25.9 Å². The zero-order valence-electron chi connectivity index (χ0n) is 9.43. The van der Waals surface area contributed by atoms with Gasteiger partial charge in [-0.3, -0.25) is 4.79 Å². The average Bonchev–Trinajstić information content (AvgIpc) is 2.25. The molecule has 0 radical (unpaired) electrons. The molecule has 0 fully saturated rings. The first-order chi connectivity index (χ1) is 7.54. The Bertz CT molecular complexity index is 373. The van der Waals surface area contributed by atoms with Gasteiger partial charge in [0.25, 0.3) is 0 Å². The quantitative estimate of drug-likeness (QED) is 0.801. The molecule has 2 N–H and O–H groups in total. The van der Waals surface area contributed by atoms with Gasteiger partial charge in [-0.1, -0.05) is 11.6 Å². The molecule has 0 bridgehead atoms. The number of carboxylic acid groups (broad SMARTS) is 1. The molecule has 1 unspecified atom stereocenters. The summed E-state index contributed by atoms with van der Waals surface area (Å²) in [7, 11) is 1.53. The third-order valence-corrected chi connectivity index (χ3v) is 2.38. The fraction of sp³-hybridized carbons (Fsp3) is 0.417. The van der Waals surface area contributed by atoms with Gasteiger partial charge in [0.2, 0.25) is 0 Å². The molecule has 88 valence electrons. The molecule has 0 aliphatic carbocycles. The van der Waals surface area contributed by atoms with Gasteiger partial charge in [-0.05, 0) is 25.5 Å². The molecule has 1 aromatic rings. The van der Waals surface area contributed by atoms with Gasteiger partial charge in [0, 0.05) is 12.0 Å². The van der Waals surface area contributed by atoms with E-state index in [4.69, 9.17) is 9.84 Å². The summed E-state index contributed by atoms with van der Waals surface area (Å²) in [6.07, 6.45) is -0.668. The van der Waals surface area contributed by atoms with Crippen LogP contribution in [0, 0.1) is 6.92 Å². The Kier molecular flexibility index (Phi) is 4.31. The van der Waals surface area contributed by atoms with Crippen LogP contribution in [0.3, 0.4) is 0 Å². The van der Waals surface area contributed by atoms with E-state index in [1.165, 1.54) is 7.11 Å². The van der Waals surface area contributed by atoms with Gasteiger partial charge in [-0.15, -0.1) is 0 Å². The van der Waals surface area contributed by atoms with Crippen LogP contribution in [0.2, 0.25) is 0 Å². The first kappa shape index (κ1) is 12.5. The number of aliphatic hydroxyl groups excluding tert-OH is 1. The van der Waals surface area contributed by atoms with Crippen molar-refractivity contribution in [1.82, 2.24) is 0 Å². The van der Waals surface area contributed by atoms with Gasteiger partial charge >= 0.3 is 5.97 Å². The second-order valence-corrected chi connectivity index (χ2v) is 3.69. The van der Waals surface area contributed by atoms with Gasteiger partial charge in [0.05, 0.1) is 13.2 Å². The van der Waals surface area contributed by atoms with Crippen LogP contribution in [0.15, 0.2) is 18.2 Å². The predicted molar refractivity (Wildman–Crippen MR) is 59.6 cm³/mol. The van der Waals surface area contributed by atoms with Crippen molar-refractivity contribution in [3.63, 3.8) is 0 Å². The molecule has 1 atom stereocenters. The van der Waals surface area contributed by atoms with E-state index in [2.05, 4.69) is 0 Å². The van der Waals surface area contributed by atoms with Crippen molar-refractivity contribution in [2.24, 2.45) is 0 Å². The molecular weight excluding hydrogens is 208 g/mol. The largest absolute Gasteiger partial charge is 0.496 e. The summed E-state index contributed by atoms with van der Waals surface area (Å²) >= 11 is 0. The summed E-state index contributed by atoms with van der Waals surface area (Å²) in [6, 6.07) is 5.46. The minimum absolute atomic E-state index is 0.0573. The summed E-state index contributed by atoms with van der Waals surface area (Å²) in [5.41, 5.74) is 1.65. The lowest BCUT2D eigenvalue weighted by atomic mass is 10.0. The number of hydrogen-bond acceptors (Lipinski definition) is 3. The monoisotopic (exact) mass is 224 g/mol. The predicted octanol–water partition coefficient (Wildman–Crippen LogP) is 1.90. The van der Waals surface area contributed by atoms with E-state index in [0.717, 1.165) is 5.56 Å². The topological polar surface area (TPSA) is 66.8 Å². The first-order valence-electron chi connectivity index (χ1n) is 5.09. The van der Waals surface area contributed by atoms with Crippen LogP contribution in [0.25, 0.3) is 0 Å². The number of aliphatic carboxylic acids is 1. The highest BCUT2D eigenvalue weighted by Gasteiger charge is 2.14. The Hall–Kier alpha value is -1.55. The Morgan fingerprint density at radius 2 is 2.19 bits per heavy atom. The van der Waals surface area contributed by atoms with E-state index in [1.54, 1.807) is 6.07 Å². The molecule has 0 spiro atoms. The number of ether oxygens (including phenoxy) is 1. The van der Waals surface area contributed by atoms with E-state index in [9.17, 15) is 9.90 Å². The number of carbonyl (C=O) groups is 1. The van der Waals surface area contributed by atoms with Crippen LogP contribution >= 0.6 is 0 Å². The van der Waals surface area contributed by atoms with Crippen molar-refractivity contribution < 1.29 is 19.7 Å². The summed E-state index contributed by atoms with van der Waals surface area (Å²) in [5, 5.41) is 18.4. The second-order valence-electron chi connectivity index (χ2n) is 3.69. The fourth-order valence-corrected chi connectivity index (χ4v) is 1.53. The van der Waals surface area contributed by atoms with Gasteiger partial charge < -0.3 is 14.9 Å². The Morgan fingerprint density at radius 1 is 1.50 bits per heavy atom. The standard InChI is InChI=1S/C12H16O4/c1-8-3-5-11(16-2)9(7-8)10(13)4-6-12(14)15/h3,5,7,10,13H,4,6H2,1-2H3,(H,14,15). The highest BCUT2D eigenvalue weighted by molar-refractivity contribution is 5.66. The van der Waals surface area contributed by atoms with Crippen LogP contribution in [-0.4, -0.2) is 23.3 Å². The van der Waals surface area contributed by atoms with Crippen LogP contribution in [0.4, 0.5) is 0 Å². The van der Waals surface area contributed by atoms with Crippen molar-refractivity contribution in [3.05, 3.63) is 29.3 Å². The molecule has 0 saturated heterocycles. The number of rotatable bonds is 5. The lowest BCUT2D eigenvalue weighted by molar-refractivity contribution is -0.137. The van der Waals surface area contributed by atoms with Crippen LogP contribution in [-0.2, 0) is 4.79 Å². The van der Waals surface area contributed by atoms with E-state index < -0.39 is 12.1 Å². The van der Waals surface area contributed by atoms with E-state index in [0.29, 0.717) is 11.3 Å². The Labute approximate surface area is 94.5 Å². The summed E-state index contributed by atoms with van der Waals surface area (Å²) in [4.78, 5) is 10.4. The van der Waals surface area contributed by atoms with Crippen molar-refractivity contribution in [2.75, 3.05) is 7.11 Å². The second kappa shape index (κ2) is 5.51. The number of aliphatic hydroxyl groups is 1. The molecule has 4 heteroatoms. The maximum atomic E-state index is 10.4. The smallest absolute Gasteiger partial charge is 0.303 e. The van der Waals surface area contributed by atoms with E-state index in [-0.39, 0.29) is 12.8 Å². The lowest BCUT2D eigenvalue weighted by Crippen LogP contribution is -2.04. The molecule has 0 saturated carbocycles. The molecule has 0 aromatic heterocycles. The van der Waals surface area contributed by atoms with E-state index >= 15 is 0 Å². The SMILES string of the molecule is COc1ccc(C)cc1C(O)CCC(=O)O. The van der Waals surface area contributed by atoms with Crippen LogP contribution < -0.4 is 4.74 Å². The minimum atomic E-state index is -0.911. The van der Waals surface area contributed by atoms with Crippen molar-refractivity contribution in [3.8, 4) is 5.75 Å². The van der Waals surface area contributed by atoms with Gasteiger partial charge in [-0.2, -0.15) is 0 Å². The van der Waals surface area contributed by atoms with Crippen LogP contribution in [0.5, 0.6) is 5.75 Å². The molecule has 0 heterocycles. The highest BCUT2D eigenvalue weighted by atomic mass is 16.5. The number of hydrogen-bond donors (Lipinski definition) is 2. The molecule has 4 nitrogen and oxygen atoms in total. The van der Waals surface area contributed by atoms with Gasteiger partial charge in [0.15, 0.2) is 0 Å². The lowest BCUT2D eigenvalue weighted by Gasteiger charge is -2.14. The average molecular weight is 224 g/mol. The van der Waals surface area contributed by atoms with Gasteiger partial charge in [-0.25, -0.2) is 0 Å². The Balaban J connectivity index is 2.84. The normalized spacial score (nSPS) is 12.2. The van der Waals surface area contributed by atoms with Crippen LogP contribution in [0.1, 0.15) is 30.1 Å². The maximum absolute atomic E-state index is 10.4. The third-order valence-electron chi connectivity index (χ3n) is 2.38. The molecule has 0 amide bonds. The molecule has 0 aliphatic rings. The molecular formula is C12H16O4. The van der Waals surface area contributed by atoms with Crippen molar-refractivity contribution >= 4 is 5.97 Å². The molecule has 16 heavy (non-hydrogen) atoms. The first-order valence-corrected chi connectivity index (χ1v) is 5.09. The Morgan fingerprint density at radius 3 is 2.75 bits per heavy atom. The van der Waals surface area contributed by atoms with Gasteiger partial charge in [0.1, 0.15) is 5.75 Å². The molecule has 1 rings (SSSR count). The molecule has 0 aliphatic heterocycles. The number of methoxy groups -OCH3 is 1. The highest BCUT2D eigenvalue weighted by Crippen LogP contribution is 2.28. The third kappa shape index (κ3) is 3.24. The summed E-state index contributed by atoms with van der Waals surface area (Å²) in [5.74, 6) is -0.325. The summed E-state index contributed by atoms with van der Waals surface area (Å²) < 4.78 is 5.12. The number of benzene rings is 1. The summed E-state index contributed by atoms with van der Waals surface area (Å²) in [6.45, 7) is 1.91. The number of aryl methyl sites for hydroxylation is 1. The number of carboxylic acids is 1. The molecule has 1 aromatic carbocycles. The maximum Gasteiger partial charge on any atom is 0.303 e. The fourth-order valence-electron chi connectivity index (χ4n) is 1.53. The van der Waals surface area contributed by atoms with Crippen molar-refractivity contribution in [1.29, 1.82) is 0 Å².